The lowest BCUT2D eigenvalue weighted by molar-refractivity contribution is -0.133. The number of nitrogens with zero attached hydrogens (tertiary/aromatic N) is 2. The van der Waals surface area contributed by atoms with Gasteiger partial charge in [0.15, 0.2) is 11.5 Å². The Bertz CT molecular complexity index is 1460. The summed E-state index contributed by atoms with van der Waals surface area (Å²) in [5, 5.41) is 3.64. The van der Waals surface area contributed by atoms with Crippen LogP contribution < -0.4 is 14.8 Å². The van der Waals surface area contributed by atoms with E-state index in [1.807, 2.05) is 41.0 Å². The molecule has 196 valence electrons. The van der Waals surface area contributed by atoms with Gasteiger partial charge >= 0.3 is 0 Å². The number of halogens is 1. The lowest BCUT2D eigenvalue weighted by atomic mass is 9.93. The first-order valence-electron chi connectivity index (χ1n) is 12.1. The zero-order chi connectivity index (χ0) is 26.9. The Balaban J connectivity index is 1.54. The lowest BCUT2D eigenvalue weighted by Gasteiger charge is -2.44. The van der Waals surface area contributed by atoms with E-state index in [1.54, 1.807) is 62.6 Å². The Kier molecular flexibility index (Phi) is 6.91. The van der Waals surface area contributed by atoms with Crippen LogP contribution in [0, 0.1) is 0 Å². The SMILES string of the molecule is COc1cccc(CN2C(=O)c3ccc(-c4ccco4)n3C[C@]2(C)C(=O)NCc2ccc(Cl)cc2)c1OC. The minimum Gasteiger partial charge on any atom is -0.493 e. The van der Waals surface area contributed by atoms with Crippen LogP contribution in [0.4, 0.5) is 0 Å². The number of carbonyl (C=O) groups excluding carboxylic acids is 2. The molecule has 2 aromatic carbocycles. The molecule has 8 nitrogen and oxygen atoms in total. The van der Waals surface area contributed by atoms with Crippen LogP contribution in [0.3, 0.4) is 0 Å². The van der Waals surface area contributed by atoms with Crippen molar-refractivity contribution in [2.45, 2.75) is 32.1 Å². The third kappa shape index (κ3) is 4.52. The highest BCUT2D eigenvalue weighted by Crippen LogP contribution is 2.37. The number of methoxy groups -OCH3 is 2. The number of para-hydroxylation sites is 1. The van der Waals surface area contributed by atoms with E-state index in [4.69, 9.17) is 25.5 Å². The van der Waals surface area contributed by atoms with Crippen LogP contribution in [0.5, 0.6) is 11.5 Å². The zero-order valence-electron chi connectivity index (χ0n) is 21.4. The van der Waals surface area contributed by atoms with Gasteiger partial charge in [-0.15, -0.1) is 0 Å². The molecule has 1 aliphatic heterocycles. The summed E-state index contributed by atoms with van der Waals surface area (Å²) in [7, 11) is 3.11. The highest BCUT2D eigenvalue weighted by molar-refractivity contribution is 6.30. The molecule has 5 rings (SSSR count). The zero-order valence-corrected chi connectivity index (χ0v) is 22.1. The third-order valence-corrected chi connectivity index (χ3v) is 7.20. The summed E-state index contributed by atoms with van der Waals surface area (Å²) in [6.45, 7) is 2.45. The highest BCUT2D eigenvalue weighted by atomic mass is 35.5. The largest absolute Gasteiger partial charge is 0.493 e. The van der Waals surface area contributed by atoms with E-state index in [9.17, 15) is 9.59 Å². The monoisotopic (exact) mass is 533 g/mol. The van der Waals surface area contributed by atoms with Gasteiger partial charge in [0.25, 0.3) is 5.91 Å². The molecule has 0 saturated carbocycles. The van der Waals surface area contributed by atoms with Crippen LogP contribution in [0.15, 0.2) is 77.4 Å². The molecule has 1 atom stereocenters. The summed E-state index contributed by atoms with van der Waals surface area (Å²) >= 11 is 6.01. The molecule has 0 aliphatic carbocycles. The average Bonchev–Trinajstić information content (AvgIpc) is 3.60. The van der Waals surface area contributed by atoms with Gasteiger partial charge in [-0.2, -0.15) is 0 Å². The molecular formula is C29H28ClN3O5. The summed E-state index contributed by atoms with van der Waals surface area (Å²) in [6, 6.07) is 20.0. The first-order valence-corrected chi connectivity index (χ1v) is 12.5. The maximum Gasteiger partial charge on any atom is 0.271 e. The molecule has 2 amide bonds. The fraction of sp³-hybridized carbons (Fsp3) is 0.241. The number of amides is 2. The number of rotatable bonds is 8. The van der Waals surface area contributed by atoms with Crippen LogP contribution in [-0.4, -0.2) is 41.0 Å². The Hall–Kier alpha value is -4.17. The van der Waals surface area contributed by atoms with Gasteiger partial charge in [-0.25, -0.2) is 0 Å². The highest BCUT2D eigenvalue weighted by Gasteiger charge is 2.48. The topological polar surface area (TPSA) is 85.9 Å². The van der Waals surface area contributed by atoms with Gasteiger partial charge < -0.3 is 28.7 Å². The number of carbonyl (C=O) groups is 2. The molecule has 0 radical (unpaired) electrons. The van der Waals surface area contributed by atoms with Crippen molar-refractivity contribution in [1.82, 2.24) is 14.8 Å². The Labute approximate surface area is 225 Å². The predicted octanol–water partition coefficient (Wildman–Crippen LogP) is 5.15. The number of fused-ring (bicyclic) bond motifs is 1. The van der Waals surface area contributed by atoms with Gasteiger partial charge in [-0.05, 0) is 55.0 Å². The summed E-state index contributed by atoms with van der Waals surface area (Å²) in [4.78, 5) is 29.5. The van der Waals surface area contributed by atoms with Gasteiger partial charge in [0, 0.05) is 17.1 Å². The molecule has 1 aliphatic rings. The number of ether oxygens (including phenoxy) is 2. The van der Waals surface area contributed by atoms with Crippen molar-refractivity contribution < 1.29 is 23.5 Å². The second-order valence-corrected chi connectivity index (χ2v) is 9.73. The van der Waals surface area contributed by atoms with Crippen molar-refractivity contribution in [3.63, 3.8) is 0 Å². The van der Waals surface area contributed by atoms with Crippen molar-refractivity contribution in [3.8, 4) is 23.0 Å². The second-order valence-electron chi connectivity index (χ2n) is 9.29. The molecule has 38 heavy (non-hydrogen) atoms. The number of hydrogen-bond donors (Lipinski definition) is 1. The van der Waals surface area contributed by atoms with E-state index in [0.29, 0.717) is 34.5 Å². The van der Waals surface area contributed by atoms with Gasteiger partial charge in [-0.1, -0.05) is 35.9 Å². The standard InChI is InChI=1S/C29H28ClN3O5/c1-29(28(35)31-16-19-9-11-21(30)12-10-19)18-32-22(24-8-5-15-38-24)13-14-23(32)27(34)33(29)17-20-6-4-7-25(36-2)26(20)37-3/h4-15H,16-18H2,1-3H3,(H,31,35)/t29-/m1/s1. The van der Waals surface area contributed by atoms with Crippen molar-refractivity contribution in [3.05, 3.63) is 94.8 Å². The van der Waals surface area contributed by atoms with Crippen molar-refractivity contribution in [2.24, 2.45) is 0 Å². The van der Waals surface area contributed by atoms with E-state index in [0.717, 1.165) is 16.8 Å². The number of benzene rings is 2. The minimum absolute atomic E-state index is 0.144. The normalized spacial score (nSPS) is 16.7. The van der Waals surface area contributed by atoms with Crippen LogP contribution in [0.25, 0.3) is 11.5 Å². The summed E-state index contributed by atoms with van der Waals surface area (Å²) in [5.41, 5.74) is 1.59. The van der Waals surface area contributed by atoms with Crippen molar-refractivity contribution in [2.75, 3.05) is 14.2 Å². The molecular weight excluding hydrogens is 506 g/mol. The molecule has 0 unspecified atom stereocenters. The van der Waals surface area contributed by atoms with E-state index in [2.05, 4.69) is 5.32 Å². The Morgan fingerprint density at radius 1 is 1.03 bits per heavy atom. The van der Waals surface area contributed by atoms with E-state index >= 15 is 0 Å². The fourth-order valence-electron chi connectivity index (χ4n) is 4.88. The van der Waals surface area contributed by atoms with Gasteiger partial charge in [-0.3, -0.25) is 9.59 Å². The Morgan fingerprint density at radius 3 is 2.47 bits per heavy atom. The van der Waals surface area contributed by atoms with E-state index < -0.39 is 5.54 Å². The molecule has 0 saturated heterocycles. The van der Waals surface area contributed by atoms with Gasteiger partial charge in [0.05, 0.1) is 39.3 Å². The first-order chi connectivity index (χ1) is 18.4. The molecule has 1 N–H and O–H groups in total. The maximum absolute atomic E-state index is 14.0. The van der Waals surface area contributed by atoms with Gasteiger partial charge in [0.2, 0.25) is 5.91 Å². The van der Waals surface area contributed by atoms with E-state index in [-0.39, 0.29) is 24.9 Å². The fourth-order valence-corrected chi connectivity index (χ4v) is 5.01. The van der Waals surface area contributed by atoms with Crippen LogP contribution in [0.2, 0.25) is 5.02 Å². The third-order valence-electron chi connectivity index (χ3n) is 6.95. The molecule has 3 heterocycles. The maximum atomic E-state index is 14.0. The molecule has 2 aromatic heterocycles. The predicted molar refractivity (Wildman–Crippen MR) is 143 cm³/mol. The van der Waals surface area contributed by atoms with Crippen LogP contribution in [0.1, 0.15) is 28.5 Å². The van der Waals surface area contributed by atoms with Crippen LogP contribution in [-0.2, 0) is 24.4 Å². The van der Waals surface area contributed by atoms with Crippen molar-refractivity contribution in [1.29, 1.82) is 0 Å². The van der Waals surface area contributed by atoms with Crippen LogP contribution >= 0.6 is 11.6 Å². The summed E-state index contributed by atoms with van der Waals surface area (Å²) in [5.74, 6) is 1.13. The Morgan fingerprint density at radius 2 is 1.79 bits per heavy atom. The lowest BCUT2D eigenvalue weighted by Crippen LogP contribution is -2.63. The second kappa shape index (κ2) is 10.3. The smallest absolute Gasteiger partial charge is 0.271 e. The first kappa shape index (κ1) is 25.5. The number of furan rings is 1. The van der Waals surface area contributed by atoms with Gasteiger partial charge in [0.1, 0.15) is 17.0 Å². The summed E-state index contributed by atoms with van der Waals surface area (Å²) in [6.07, 6.45) is 1.58. The molecule has 9 heteroatoms. The quantitative estimate of drug-likeness (QED) is 0.338. The molecule has 0 spiro atoms. The average molecular weight is 534 g/mol. The number of aromatic nitrogens is 1. The van der Waals surface area contributed by atoms with E-state index in [1.165, 1.54) is 0 Å². The minimum atomic E-state index is -1.23. The van der Waals surface area contributed by atoms with Crippen molar-refractivity contribution >= 4 is 23.4 Å². The number of hydrogen-bond acceptors (Lipinski definition) is 5. The molecule has 0 fully saturated rings. The number of nitrogens with one attached hydrogen (secondary N) is 1. The molecule has 0 bridgehead atoms. The summed E-state index contributed by atoms with van der Waals surface area (Å²) < 4.78 is 18.5. The molecule has 4 aromatic rings.